The van der Waals surface area contributed by atoms with Crippen LogP contribution in [-0.2, 0) is 19.7 Å². The predicted octanol–water partition coefficient (Wildman–Crippen LogP) is -0.144. The van der Waals surface area contributed by atoms with Crippen LogP contribution >= 0.6 is 12.2 Å². The lowest BCUT2D eigenvalue weighted by Crippen LogP contribution is -2.51. The quantitative estimate of drug-likeness (QED) is 0.302. The second-order valence-corrected chi connectivity index (χ2v) is 5.98. The highest BCUT2D eigenvalue weighted by molar-refractivity contribution is 7.86. The molecule has 1 aromatic rings. The van der Waals surface area contributed by atoms with E-state index >= 15 is 0 Å². The lowest BCUT2D eigenvalue weighted by molar-refractivity contribution is -0.123. The molecule has 10 heteroatoms. The van der Waals surface area contributed by atoms with Crippen molar-refractivity contribution in [1.29, 1.82) is 0 Å². The smallest absolute Gasteiger partial charge is 0.298 e. The number of hydrogen-bond donors (Lipinski definition) is 3. The third-order valence-corrected chi connectivity index (χ3v) is 3.80. The molecule has 1 aliphatic rings. The number of rotatable bonds is 3. The summed E-state index contributed by atoms with van der Waals surface area (Å²) in [5, 5.41) is 4.38. The minimum atomic E-state index is -4.52. The molecule has 1 aliphatic heterocycles. The molecular formula is C12H10N2O6S2. The second kappa shape index (κ2) is 5.83. The zero-order chi connectivity index (χ0) is 16.5. The highest BCUT2D eigenvalue weighted by Crippen LogP contribution is 2.25. The first-order valence-electron chi connectivity index (χ1n) is 5.76. The highest BCUT2D eigenvalue weighted by Gasteiger charge is 2.26. The van der Waals surface area contributed by atoms with Crippen molar-refractivity contribution >= 4 is 45.3 Å². The van der Waals surface area contributed by atoms with Crippen LogP contribution in [0, 0.1) is 0 Å². The average molecular weight is 342 g/mol. The van der Waals surface area contributed by atoms with E-state index in [0.717, 1.165) is 6.07 Å². The van der Waals surface area contributed by atoms with Crippen LogP contribution in [0.4, 0.5) is 0 Å². The maximum absolute atomic E-state index is 11.7. The maximum Gasteiger partial charge on any atom is 0.298 e. The van der Waals surface area contributed by atoms with Gasteiger partial charge in [0.1, 0.15) is 16.2 Å². The maximum atomic E-state index is 11.7. The molecule has 0 saturated carbocycles. The number of thiocarbonyl (C=S) groups is 1. The molecule has 0 spiro atoms. The van der Waals surface area contributed by atoms with Crippen molar-refractivity contribution in [3.05, 3.63) is 29.3 Å². The molecule has 1 aromatic carbocycles. The summed E-state index contributed by atoms with van der Waals surface area (Å²) in [6, 6.07) is 3.79. The summed E-state index contributed by atoms with van der Waals surface area (Å²) in [6.45, 7) is 0. The number of ether oxygens (including phenoxy) is 1. The summed E-state index contributed by atoms with van der Waals surface area (Å²) in [5.41, 5.74) is -0.0402. The molecule has 1 saturated heterocycles. The van der Waals surface area contributed by atoms with Crippen LogP contribution < -0.4 is 15.4 Å². The van der Waals surface area contributed by atoms with Gasteiger partial charge in [-0.3, -0.25) is 24.8 Å². The predicted molar refractivity (Wildman–Crippen MR) is 79.7 cm³/mol. The molecule has 0 aliphatic carbocycles. The van der Waals surface area contributed by atoms with E-state index in [1.807, 2.05) is 0 Å². The number of hydrogen-bond acceptors (Lipinski definition) is 6. The molecule has 116 valence electrons. The zero-order valence-electron chi connectivity index (χ0n) is 11.1. The summed E-state index contributed by atoms with van der Waals surface area (Å²) < 4.78 is 36.6. The molecule has 0 aromatic heterocycles. The van der Waals surface area contributed by atoms with Crippen molar-refractivity contribution in [2.75, 3.05) is 7.11 Å². The van der Waals surface area contributed by atoms with E-state index in [2.05, 4.69) is 22.9 Å². The van der Waals surface area contributed by atoms with Crippen molar-refractivity contribution in [2.24, 2.45) is 0 Å². The Morgan fingerprint density at radius 1 is 1.23 bits per heavy atom. The van der Waals surface area contributed by atoms with Crippen LogP contribution in [0.15, 0.2) is 28.7 Å². The van der Waals surface area contributed by atoms with Gasteiger partial charge in [0, 0.05) is 0 Å². The van der Waals surface area contributed by atoms with Crippen molar-refractivity contribution < 1.29 is 27.3 Å². The van der Waals surface area contributed by atoms with Crippen molar-refractivity contribution in [3.8, 4) is 5.75 Å². The first-order valence-corrected chi connectivity index (χ1v) is 7.61. The number of amides is 2. The summed E-state index contributed by atoms with van der Waals surface area (Å²) in [7, 11) is -3.28. The van der Waals surface area contributed by atoms with Gasteiger partial charge in [-0.25, -0.2) is 0 Å². The molecule has 2 rings (SSSR count). The van der Waals surface area contributed by atoms with Gasteiger partial charge in [-0.1, -0.05) is 6.07 Å². The van der Waals surface area contributed by atoms with Crippen molar-refractivity contribution in [1.82, 2.24) is 10.6 Å². The lowest BCUT2D eigenvalue weighted by Gasteiger charge is -2.16. The van der Waals surface area contributed by atoms with E-state index < -0.39 is 26.8 Å². The van der Waals surface area contributed by atoms with E-state index in [-0.39, 0.29) is 22.0 Å². The minimum absolute atomic E-state index is 0.0663. The van der Waals surface area contributed by atoms with Crippen molar-refractivity contribution in [3.63, 3.8) is 0 Å². The summed E-state index contributed by atoms with van der Waals surface area (Å²) in [6.07, 6.45) is 1.17. The molecule has 0 unspecified atom stereocenters. The fourth-order valence-electron chi connectivity index (χ4n) is 1.76. The van der Waals surface area contributed by atoms with Crippen LogP contribution in [0.2, 0.25) is 0 Å². The van der Waals surface area contributed by atoms with Gasteiger partial charge in [0.25, 0.3) is 21.9 Å². The summed E-state index contributed by atoms with van der Waals surface area (Å²) in [4.78, 5) is 22.9. The Morgan fingerprint density at radius 2 is 1.82 bits per heavy atom. The highest BCUT2D eigenvalue weighted by atomic mass is 32.2. The van der Waals surface area contributed by atoms with E-state index in [9.17, 15) is 18.0 Å². The summed E-state index contributed by atoms with van der Waals surface area (Å²) in [5.74, 6) is -1.49. The standard InChI is InChI=1S/C12H10N2O6S2/c1-20-8-3-2-6(5-9(8)22(17,18)19)4-7-10(15)13-12(21)14-11(7)16/h2-5H,1H3,(H,17,18,19)(H2,13,14,15,16,21). The fraction of sp³-hybridized carbons (Fsp3) is 0.0833. The van der Waals surface area contributed by atoms with Gasteiger partial charge in [-0.15, -0.1) is 0 Å². The molecular weight excluding hydrogens is 332 g/mol. The van der Waals surface area contributed by atoms with Gasteiger partial charge < -0.3 is 4.74 Å². The van der Waals surface area contributed by atoms with Crippen LogP contribution in [0.5, 0.6) is 5.75 Å². The van der Waals surface area contributed by atoms with E-state index in [4.69, 9.17) is 9.29 Å². The Labute approximate surface area is 130 Å². The van der Waals surface area contributed by atoms with Crippen LogP contribution in [0.1, 0.15) is 5.56 Å². The normalized spacial score (nSPS) is 15.2. The number of nitrogens with one attached hydrogen (secondary N) is 2. The average Bonchev–Trinajstić information content (AvgIpc) is 2.41. The zero-order valence-corrected chi connectivity index (χ0v) is 12.7. The van der Waals surface area contributed by atoms with Crippen molar-refractivity contribution in [2.45, 2.75) is 4.90 Å². The van der Waals surface area contributed by atoms with Gasteiger partial charge in [0.2, 0.25) is 0 Å². The number of carbonyl (C=O) groups excluding carboxylic acids is 2. The molecule has 3 N–H and O–H groups in total. The summed E-state index contributed by atoms with van der Waals surface area (Å²) >= 11 is 4.66. The number of methoxy groups -OCH3 is 1. The molecule has 0 bridgehead atoms. The second-order valence-electron chi connectivity index (χ2n) is 4.18. The Kier molecular flexibility index (Phi) is 4.26. The lowest BCUT2D eigenvalue weighted by atomic mass is 10.1. The monoisotopic (exact) mass is 342 g/mol. The topological polar surface area (TPSA) is 122 Å². The molecule has 0 radical (unpaired) electrons. The molecule has 0 atom stereocenters. The third-order valence-electron chi connectivity index (χ3n) is 2.72. The third kappa shape index (κ3) is 3.30. The number of benzene rings is 1. The number of carbonyl (C=O) groups is 2. The van der Waals surface area contributed by atoms with Crippen LogP contribution in [0.25, 0.3) is 6.08 Å². The SMILES string of the molecule is COc1ccc(C=C2C(=O)NC(=S)NC2=O)cc1S(=O)(=O)O. The van der Waals surface area contributed by atoms with Crippen LogP contribution in [0.3, 0.4) is 0 Å². The fourth-order valence-corrected chi connectivity index (χ4v) is 2.63. The van der Waals surface area contributed by atoms with E-state index in [0.29, 0.717) is 0 Å². The Morgan fingerprint density at radius 3 is 2.32 bits per heavy atom. The van der Waals surface area contributed by atoms with Gasteiger partial charge in [-0.05, 0) is 36.0 Å². The Hall–Kier alpha value is -2.30. The molecule has 2 amide bonds. The first-order chi connectivity index (χ1) is 10.2. The minimum Gasteiger partial charge on any atom is -0.495 e. The molecule has 8 nitrogen and oxygen atoms in total. The Balaban J connectivity index is 2.50. The molecule has 1 heterocycles. The Bertz CT molecular complexity index is 791. The first kappa shape index (κ1) is 16.1. The molecule has 22 heavy (non-hydrogen) atoms. The van der Waals surface area contributed by atoms with Gasteiger partial charge in [0.15, 0.2) is 5.11 Å². The van der Waals surface area contributed by atoms with Gasteiger partial charge >= 0.3 is 0 Å². The molecule has 1 fully saturated rings. The van der Waals surface area contributed by atoms with E-state index in [1.54, 1.807) is 0 Å². The van der Waals surface area contributed by atoms with E-state index in [1.165, 1.54) is 25.3 Å². The largest absolute Gasteiger partial charge is 0.495 e. The van der Waals surface area contributed by atoms with Crippen LogP contribution in [-0.4, -0.2) is 37.0 Å². The van der Waals surface area contributed by atoms with Gasteiger partial charge in [0.05, 0.1) is 7.11 Å². The van der Waals surface area contributed by atoms with Gasteiger partial charge in [-0.2, -0.15) is 8.42 Å².